The molecule has 0 spiro atoms. The molecule has 1 N–H and O–H groups in total. The van der Waals surface area contributed by atoms with Gasteiger partial charge in [-0.25, -0.2) is 0 Å². The van der Waals surface area contributed by atoms with E-state index in [0.717, 1.165) is 11.3 Å². The Morgan fingerprint density at radius 1 is 1.15 bits per heavy atom. The first-order valence-electron chi connectivity index (χ1n) is 5.86. The second kappa shape index (κ2) is 6.42. The molecule has 0 saturated carbocycles. The molecule has 0 radical (unpaired) electrons. The van der Waals surface area contributed by atoms with Crippen LogP contribution in [0, 0.1) is 11.3 Å². The molecule has 100 valence electrons. The SMILES string of the molecule is C/C(=N/Nc1ccc(Cl)cc1Cl)c1ccc(C#N)cc1. The van der Waals surface area contributed by atoms with Crippen LogP contribution in [-0.4, -0.2) is 5.71 Å². The molecule has 2 aromatic rings. The molecule has 2 aromatic carbocycles. The van der Waals surface area contributed by atoms with Crippen LogP contribution >= 0.6 is 23.2 Å². The van der Waals surface area contributed by atoms with Crippen molar-refractivity contribution in [2.24, 2.45) is 5.10 Å². The summed E-state index contributed by atoms with van der Waals surface area (Å²) in [5.41, 5.74) is 5.93. The van der Waals surface area contributed by atoms with Crippen LogP contribution in [-0.2, 0) is 0 Å². The van der Waals surface area contributed by atoms with E-state index in [4.69, 9.17) is 28.5 Å². The molecule has 0 atom stereocenters. The molecule has 0 unspecified atom stereocenters. The van der Waals surface area contributed by atoms with Crippen molar-refractivity contribution in [1.29, 1.82) is 5.26 Å². The molecule has 3 nitrogen and oxygen atoms in total. The van der Waals surface area contributed by atoms with Crippen molar-refractivity contribution in [1.82, 2.24) is 0 Å². The first-order valence-corrected chi connectivity index (χ1v) is 6.61. The van der Waals surface area contributed by atoms with E-state index in [0.29, 0.717) is 21.3 Å². The summed E-state index contributed by atoms with van der Waals surface area (Å²) >= 11 is 11.9. The second-order valence-electron chi connectivity index (χ2n) is 4.12. The monoisotopic (exact) mass is 303 g/mol. The summed E-state index contributed by atoms with van der Waals surface area (Å²) in [5, 5.41) is 14.1. The number of halogens is 2. The van der Waals surface area contributed by atoms with Crippen molar-refractivity contribution in [3.05, 3.63) is 63.6 Å². The maximum atomic E-state index is 8.75. The summed E-state index contributed by atoms with van der Waals surface area (Å²) < 4.78 is 0. The standard InChI is InChI=1S/C15H11Cl2N3/c1-10(12-4-2-11(9-18)3-5-12)19-20-15-7-6-13(16)8-14(15)17/h2-8,20H,1H3/b19-10-. The quantitative estimate of drug-likeness (QED) is 0.660. The van der Waals surface area contributed by atoms with E-state index >= 15 is 0 Å². The molecule has 0 aliphatic carbocycles. The maximum Gasteiger partial charge on any atom is 0.0991 e. The van der Waals surface area contributed by atoms with Crippen LogP contribution in [0.2, 0.25) is 10.0 Å². The molecule has 5 heteroatoms. The number of nitriles is 1. The van der Waals surface area contributed by atoms with Gasteiger partial charge in [0.15, 0.2) is 0 Å². The number of nitrogens with zero attached hydrogens (tertiary/aromatic N) is 2. The number of nitrogens with one attached hydrogen (secondary N) is 1. The summed E-state index contributed by atoms with van der Waals surface area (Å²) in [5.74, 6) is 0. The van der Waals surface area contributed by atoms with Gasteiger partial charge >= 0.3 is 0 Å². The molecule has 0 aliphatic rings. The van der Waals surface area contributed by atoms with Crippen LogP contribution in [0.25, 0.3) is 0 Å². The predicted molar refractivity (Wildman–Crippen MR) is 83.5 cm³/mol. The molecule has 0 aliphatic heterocycles. The molecule has 0 saturated heterocycles. The number of hydrogen-bond donors (Lipinski definition) is 1. The lowest BCUT2D eigenvalue weighted by Gasteiger charge is -2.06. The van der Waals surface area contributed by atoms with Gasteiger partial charge in [0, 0.05) is 5.02 Å². The summed E-state index contributed by atoms with van der Waals surface area (Å²) in [4.78, 5) is 0. The zero-order valence-corrected chi connectivity index (χ0v) is 12.2. The van der Waals surface area contributed by atoms with Crippen LogP contribution in [0.4, 0.5) is 5.69 Å². The van der Waals surface area contributed by atoms with E-state index < -0.39 is 0 Å². The minimum absolute atomic E-state index is 0.508. The highest BCUT2D eigenvalue weighted by atomic mass is 35.5. The number of rotatable bonds is 3. The number of anilines is 1. The molecular weight excluding hydrogens is 293 g/mol. The lowest BCUT2D eigenvalue weighted by molar-refractivity contribution is 1.32. The highest BCUT2D eigenvalue weighted by molar-refractivity contribution is 6.36. The third kappa shape index (κ3) is 3.51. The van der Waals surface area contributed by atoms with Gasteiger partial charge in [-0.1, -0.05) is 35.3 Å². The molecule has 0 heterocycles. The number of benzene rings is 2. The fourth-order valence-corrected chi connectivity index (χ4v) is 2.03. The molecule has 0 aromatic heterocycles. The zero-order chi connectivity index (χ0) is 14.5. The predicted octanol–water partition coefficient (Wildman–Crippen LogP) is 4.70. The van der Waals surface area contributed by atoms with E-state index in [1.807, 2.05) is 19.1 Å². The van der Waals surface area contributed by atoms with E-state index in [2.05, 4.69) is 16.6 Å². The average Bonchev–Trinajstić information content (AvgIpc) is 2.46. The van der Waals surface area contributed by atoms with Crippen LogP contribution in [0.5, 0.6) is 0 Å². The van der Waals surface area contributed by atoms with Gasteiger partial charge in [-0.2, -0.15) is 10.4 Å². The Balaban J connectivity index is 2.16. The van der Waals surface area contributed by atoms with Crippen molar-refractivity contribution in [2.75, 3.05) is 5.43 Å². The molecule has 2 rings (SSSR count). The number of hydrogen-bond acceptors (Lipinski definition) is 3. The third-order valence-electron chi connectivity index (χ3n) is 2.71. The van der Waals surface area contributed by atoms with Crippen molar-refractivity contribution in [2.45, 2.75) is 6.92 Å². The van der Waals surface area contributed by atoms with Crippen LogP contribution in [0.3, 0.4) is 0 Å². The van der Waals surface area contributed by atoms with Crippen molar-refractivity contribution in [3.63, 3.8) is 0 Å². The molecule has 0 fully saturated rings. The van der Waals surface area contributed by atoms with Crippen LogP contribution in [0.15, 0.2) is 47.6 Å². The topological polar surface area (TPSA) is 48.2 Å². The van der Waals surface area contributed by atoms with Gasteiger partial charge in [0.1, 0.15) is 0 Å². The zero-order valence-electron chi connectivity index (χ0n) is 10.7. The Hall–Kier alpha value is -2.02. The fourth-order valence-electron chi connectivity index (χ4n) is 1.57. The Morgan fingerprint density at radius 2 is 1.85 bits per heavy atom. The lowest BCUT2D eigenvalue weighted by atomic mass is 10.1. The van der Waals surface area contributed by atoms with Crippen LogP contribution in [0.1, 0.15) is 18.1 Å². The lowest BCUT2D eigenvalue weighted by Crippen LogP contribution is -2.00. The van der Waals surface area contributed by atoms with Crippen molar-refractivity contribution >= 4 is 34.6 Å². The van der Waals surface area contributed by atoms with E-state index in [1.165, 1.54) is 0 Å². The van der Waals surface area contributed by atoms with Gasteiger partial charge in [0.2, 0.25) is 0 Å². The summed E-state index contributed by atoms with van der Waals surface area (Å²) in [6.45, 7) is 1.87. The Morgan fingerprint density at radius 3 is 2.45 bits per heavy atom. The normalized spacial score (nSPS) is 11.0. The molecule has 20 heavy (non-hydrogen) atoms. The fraction of sp³-hybridized carbons (Fsp3) is 0.0667. The minimum atomic E-state index is 0.508. The summed E-state index contributed by atoms with van der Waals surface area (Å²) in [7, 11) is 0. The van der Waals surface area contributed by atoms with Gasteiger partial charge in [0.05, 0.1) is 28.1 Å². The van der Waals surface area contributed by atoms with Crippen molar-refractivity contribution < 1.29 is 0 Å². The summed E-state index contributed by atoms with van der Waals surface area (Å²) in [6.07, 6.45) is 0. The molecule has 0 bridgehead atoms. The highest BCUT2D eigenvalue weighted by Gasteiger charge is 2.01. The van der Waals surface area contributed by atoms with Gasteiger partial charge < -0.3 is 0 Å². The Bertz CT molecular complexity index is 685. The first kappa shape index (κ1) is 14.4. The summed E-state index contributed by atoms with van der Waals surface area (Å²) in [6, 6.07) is 14.4. The highest BCUT2D eigenvalue weighted by Crippen LogP contribution is 2.25. The number of hydrazone groups is 1. The molecule has 0 amide bonds. The largest absolute Gasteiger partial charge is 0.277 e. The van der Waals surface area contributed by atoms with Crippen LogP contribution < -0.4 is 5.43 Å². The first-order chi connectivity index (χ1) is 9.60. The van der Waals surface area contributed by atoms with E-state index in [1.54, 1.807) is 30.3 Å². The van der Waals surface area contributed by atoms with Gasteiger partial charge in [-0.3, -0.25) is 5.43 Å². The van der Waals surface area contributed by atoms with Crippen molar-refractivity contribution in [3.8, 4) is 6.07 Å². The second-order valence-corrected chi connectivity index (χ2v) is 4.97. The minimum Gasteiger partial charge on any atom is -0.277 e. The van der Waals surface area contributed by atoms with E-state index in [9.17, 15) is 0 Å². The Labute approximate surface area is 127 Å². The van der Waals surface area contributed by atoms with Gasteiger partial charge in [0.25, 0.3) is 0 Å². The average molecular weight is 304 g/mol. The molecular formula is C15H11Cl2N3. The van der Waals surface area contributed by atoms with E-state index in [-0.39, 0.29) is 0 Å². The maximum absolute atomic E-state index is 8.75. The van der Waals surface area contributed by atoms with Gasteiger partial charge in [-0.05, 0) is 42.8 Å². The smallest absolute Gasteiger partial charge is 0.0991 e. The van der Waals surface area contributed by atoms with Gasteiger partial charge in [-0.15, -0.1) is 0 Å². The third-order valence-corrected chi connectivity index (χ3v) is 3.25. The Kier molecular flexibility index (Phi) is 4.62.